The van der Waals surface area contributed by atoms with E-state index in [1.165, 1.54) is 32.4 Å². The zero-order valence-electron chi connectivity index (χ0n) is 7.21. The summed E-state index contributed by atoms with van der Waals surface area (Å²) in [5.41, 5.74) is 0.194. The Balaban J connectivity index is 2.22. The summed E-state index contributed by atoms with van der Waals surface area (Å²) in [5, 5.41) is 9.36. The molecule has 0 saturated carbocycles. The van der Waals surface area contributed by atoms with Crippen LogP contribution in [0.5, 0.6) is 0 Å². The number of hydrogen-bond donors (Lipinski definition) is 1. The number of fused-ring (bicyclic) bond motifs is 1. The summed E-state index contributed by atoms with van der Waals surface area (Å²) in [6, 6.07) is 0. The Morgan fingerprint density at radius 2 is 2.36 bits per heavy atom. The summed E-state index contributed by atoms with van der Waals surface area (Å²) in [5.74, 6) is 0.704. The maximum Gasteiger partial charge on any atom is 0.0618 e. The molecule has 0 aliphatic carbocycles. The van der Waals surface area contributed by atoms with Gasteiger partial charge in [-0.2, -0.15) is 0 Å². The molecule has 0 radical (unpaired) electrons. The quantitative estimate of drug-likeness (QED) is 0.607. The molecule has 2 nitrogen and oxygen atoms in total. The summed E-state index contributed by atoms with van der Waals surface area (Å²) in [6.07, 6.45) is 3.77. The van der Waals surface area contributed by atoms with Crippen LogP contribution >= 0.6 is 0 Å². The van der Waals surface area contributed by atoms with Crippen LogP contribution in [0.1, 0.15) is 26.2 Å². The van der Waals surface area contributed by atoms with E-state index in [4.69, 9.17) is 0 Å². The van der Waals surface area contributed by atoms with Gasteiger partial charge in [-0.25, -0.2) is 0 Å². The summed E-state index contributed by atoms with van der Waals surface area (Å²) < 4.78 is 0. The summed E-state index contributed by atoms with van der Waals surface area (Å²) in [7, 11) is 0. The molecule has 0 aromatic rings. The van der Waals surface area contributed by atoms with Gasteiger partial charge in [0, 0.05) is 5.54 Å². The minimum atomic E-state index is 0.194. The van der Waals surface area contributed by atoms with Crippen LogP contribution in [0.25, 0.3) is 0 Å². The second-order valence-corrected chi connectivity index (χ2v) is 4.04. The Kier molecular flexibility index (Phi) is 1.69. The SMILES string of the molecule is C[C@H]1CCN2CCC[C@@]12CO. The van der Waals surface area contributed by atoms with E-state index in [0.29, 0.717) is 12.5 Å². The van der Waals surface area contributed by atoms with Crippen molar-refractivity contribution in [2.24, 2.45) is 5.92 Å². The van der Waals surface area contributed by atoms with E-state index in [2.05, 4.69) is 11.8 Å². The minimum Gasteiger partial charge on any atom is -0.394 e. The van der Waals surface area contributed by atoms with Crippen molar-refractivity contribution in [2.75, 3.05) is 19.7 Å². The van der Waals surface area contributed by atoms with Crippen molar-refractivity contribution in [3.8, 4) is 0 Å². The van der Waals surface area contributed by atoms with Gasteiger partial charge >= 0.3 is 0 Å². The predicted octanol–water partition coefficient (Wildman–Crippen LogP) is 0.853. The molecule has 0 aromatic carbocycles. The smallest absolute Gasteiger partial charge is 0.0618 e. The number of hydrogen-bond acceptors (Lipinski definition) is 2. The third-order valence-corrected chi connectivity index (χ3v) is 3.69. The largest absolute Gasteiger partial charge is 0.394 e. The van der Waals surface area contributed by atoms with Gasteiger partial charge in [-0.1, -0.05) is 6.92 Å². The molecule has 2 saturated heterocycles. The van der Waals surface area contributed by atoms with E-state index < -0.39 is 0 Å². The average Bonchev–Trinajstić information content (AvgIpc) is 2.53. The maximum absolute atomic E-state index is 9.36. The Labute approximate surface area is 68.2 Å². The Morgan fingerprint density at radius 3 is 3.00 bits per heavy atom. The normalized spacial score (nSPS) is 44.7. The van der Waals surface area contributed by atoms with Crippen molar-refractivity contribution < 1.29 is 5.11 Å². The maximum atomic E-state index is 9.36. The second kappa shape index (κ2) is 2.46. The molecule has 2 atom stereocenters. The molecule has 64 valence electrons. The molecule has 2 aliphatic rings. The summed E-state index contributed by atoms with van der Waals surface area (Å²) >= 11 is 0. The number of aliphatic hydroxyl groups excluding tert-OH is 1. The van der Waals surface area contributed by atoms with Gasteiger partial charge in [0.25, 0.3) is 0 Å². The number of rotatable bonds is 1. The van der Waals surface area contributed by atoms with E-state index in [-0.39, 0.29) is 5.54 Å². The molecule has 2 rings (SSSR count). The van der Waals surface area contributed by atoms with E-state index in [0.717, 1.165) is 0 Å². The van der Waals surface area contributed by atoms with Crippen molar-refractivity contribution >= 4 is 0 Å². The molecule has 0 unspecified atom stereocenters. The van der Waals surface area contributed by atoms with Gasteiger partial charge in [0.2, 0.25) is 0 Å². The predicted molar refractivity (Wildman–Crippen MR) is 44.4 cm³/mol. The van der Waals surface area contributed by atoms with Gasteiger partial charge in [-0.15, -0.1) is 0 Å². The Hall–Kier alpha value is -0.0800. The van der Waals surface area contributed by atoms with Crippen molar-refractivity contribution in [1.29, 1.82) is 0 Å². The molecule has 11 heavy (non-hydrogen) atoms. The molecule has 2 heteroatoms. The molecule has 0 aromatic heterocycles. The first kappa shape index (κ1) is 7.56. The standard InChI is InChI=1S/C9H17NO/c1-8-3-6-10-5-2-4-9(8,10)7-11/h8,11H,2-7H2,1H3/t8-,9+/m0/s1. The van der Waals surface area contributed by atoms with Gasteiger partial charge < -0.3 is 5.11 Å². The lowest BCUT2D eigenvalue weighted by Gasteiger charge is -2.33. The Bertz CT molecular complexity index is 160. The van der Waals surface area contributed by atoms with Crippen molar-refractivity contribution in [1.82, 2.24) is 4.90 Å². The highest BCUT2D eigenvalue weighted by atomic mass is 16.3. The van der Waals surface area contributed by atoms with E-state index in [1.54, 1.807) is 0 Å². The van der Waals surface area contributed by atoms with Gasteiger partial charge in [0.15, 0.2) is 0 Å². The molecule has 1 N–H and O–H groups in total. The van der Waals surface area contributed by atoms with Crippen LogP contribution in [-0.4, -0.2) is 35.2 Å². The van der Waals surface area contributed by atoms with Gasteiger partial charge in [-0.05, 0) is 38.3 Å². The fourth-order valence-electron chi connectivity index (χ4n) is 2.80. The van der Waals surface area contributed by atoms with Crippen LogP contribution in [-0.2, 0) is 0 Å². The van der Waals surface area contributed by atoms with Gasteiger partial charge in [0.1, 0.15) is 0 Å². The molecule has 0 amide bonds. The third-order valence-electron chi connectivity index (χ3n) is 3.69. The first-order valence-corrected chi connectivity index (χ1v) is 4.65. The van der Waals surface area contributed by atoms with Crippen LogP contribution in [0.2, 0.25) is 0 Å². The van der Waals surface area contributed by atoms with Crippen LogP contribution in [0, 0.1) is 5.92 Å². The lowest BCUT2D eigenvalue weighted by molar-refractivity contribution is 0.0723. The highest BCUT2D eigenvalue weighted by molar-refractivity contribution is 5.03. The molecule has 2 heterocycles. The second-order valence-electron chi connectivity index (χ2n) is 4.04. The lowest BCUT2D eigenvalue weighted by atomic mass is 9.85. The molecule has 0 bridgehead atoms. The van der Waals surface area contributed by atoms with E-state index in [9.17, 15) is 5.11 Å². The fourth-order valence-corrected chi connectivity index (χ4v) is 2.80. The van der Waals surface area contributed by atoms with Crippen molar-refractivity contribution in [2.45, 2.75) is 31.7 Å². The number of nitrogens with zero attached hydrogens (tertiary/aromatic N) is 1. The van der Waals surface area contributed by atoms with Crippen LogP contribution in [0.4, 0.5) is 0 Å². The van der Waals surface area contributed by atoms with E-state index >= 15 is 0 Å². The summed E-state index contributed by atoms with van der Waals surface area (Å²) in [4.78, 5) is 2.48. The van der Waals surface area contributed by atoms with E-state index in [1.807, 2.05) is 0 Å². The van der Waals surface area contributed by atoms with Crippen LogP contribution in [0.15, 0.2) is 0 Å². The zero-order chi connectivity index (χ0) is 7.90. The van der Waals surface area contributed by atoms with Crippen LogP contribution in [0.3, 0.4) is 0 Å². The molecule has 2 aliphatic heterocycles. The third kappa shape index (κ3) is 0.859. The molecule has 2 fully saturated rings. The Morgan fingerprint density at radius 1 is 1.55 bits per heavy atom. The van der Waals surface area contributed by atoms with Gasteiger partial charge in [0.05, 0.1) is 6.61 Å². The fraction of sp³-hybridized carbons (Fsp3) is 1.00. The average molecular weight is 155 g/mol. The summed E-state index contributed by atoms with van der Waals surface area (Å²) in [6.45, 7) is 5.07. The topological polar surface area (TPSA) is 23.5 Å². The highest BCUT2D eigenvalue weighted by Crippen LogP contribution is 2.42. The first-order valence-electron chi connectivity index (χ1n) is 4.65. The zero-order valence-corrected chi connectivity index (χ0v) is 7.21. The molecular formula is C9H17NO. The van der Waals surface area contributed by atoms with Crippen LogP contribution < -0.4 is 0 Å². The molecular weight excluding hydrogens is 138 g/mol. The monoisotopic (exact) mass is 155 g/mol. The number of aliphatic hydroxyl groups is 1. The molecule has 0 spiro atoms. The highest BCUT2D eigenvalue weighted by Gasteiger charge is 2.48. The van der Waals surface area contributed by atoms with Crippen molar-refractivity contribution in [3.05, 3.63) is 0 Å². The van der Waals surface area contributed by atoms with Crippen molar-refractivity contribution in [3.63, 3.8) is 0 Å². The van der Waals surface area contributed by atoms with Gasteiger partial charge in [-0.3, -0.25) is 4.90 Å². The minimum absolute atomic E-state index is 0.194. The first-order chi connectivity index (χ1) is 5.29. The lowest BCUT2D eigenvalue weighted by Crippen LogP contribution is -2.45.